The average Bonchev–Trinajstić information content (AvgIpc) is 2.33. The lowest BCUT2D eigenvalue weighted by Gasteiger charge is -2.15. The number of hydrogen-bond acceptors (Lipinski definition) is 2. The number of rotatable bonds is 10. The molecule has 110 valence electrons. The molecule has 1 unspecified atom stereocenters. The smallest absolute Gasteiger partial charge is 0.315 e. The lowest BCUT2D eigenvalue weighted by molar-refractivity contribution is -0.137. The molecule has 0 aromatic rings. The maximum atomic E-state index is 11.4. The van der Waals surface area contributed by atoms with Crippen molar-refractivity contribution in [1.29, 1.82) is 0 Å². The number of hydrogen-bond donors (Lipinski definition) is 3. The summed E-state index contributed by atoms with van der Waals surface area (Å²) < 4.78 is 0. The van der Waals surface area contributed by atoms with Gasteiger partial charge in [0.15, 0.2) is 0 Å². The fourth-order valence-electron chi connectivity index (χ4n) is 1.85. The maximum absolute atomic E-state index is 11.4. The topological polar surface area (TPSA) is 78.4 Å². The van der Waals surface area contributed by atoms with Gasteiger partial charge in [0.05, 0.1) is 0 Å². The van der Waals surface area contributed by atoms with Gasteiger partial charge in [-0.3, -0.25) is 4.79 Å². The van der Waals surface area contributed by atoms with E-state index in [1.165, 1.54) is 0 Å². The van der Waals surface area contributed by atoms with Gasteiger partial charge >= 0.3 is 12.0 Å². The molecule has 0 saturated heterocycles. The van der Waals surface area contributed by atoms with Crippen LogP contribution in [0, 0.1) is 5.92 Å². The molecule has 1 atom stereocenters. The summed E-state index contributed by atoms with van der Waals surface area (Å²) >= 11 is 0. The van der Waals surface area contributed by atoms with Gasteiger partial charge in [-0.25, -0.2) is 4.79 Å². The highest BCUT2D eigenvalue weighted by atomic mass is 16.4. The molecule has 0 radical (unpaired) electrons. The van der Waals surface area contributed by atoms with Gasteiger partial charge < -0.3 is 15.7 Å². The van der Waals surface area contributed by atoms with E-state index < -0.39 is 5.97 Å². The molecule has 5 heteroatoms. The summed E-state index contributed by atoms with van der Waals surface area (Å²) in [6.07, 6.45) is 3.74. The largest absolute Gasteiger partial charge is 0.481 e. The fourth-order valence-corrected chi connectivity index (χ4v) is 1.85. The molecule has 19 heavy (non-hydrogen) atoms. The zero-order valence-corrected chi connectivity index (χ0v) is 12.0. The third-order valence-electron chi connectivity index (χ3n) is 2.85. The van der Waals surface area contributed by atoms with Crippen molar-refractivity contribution in [2.75, 3.05) is 13.1 Å². The molecule has 0 aliphatic rings. The second kappa shape index (κ2) is 10.4. The van der Waals surface area contributed by atoms with Crippen LogP contribution in [0.15, 0.2) is 12.2 Å². The summed E-state index contributed by atoms with van der Waals surface area (Å²) in [5.41, 5.74) is 0.903. The van der Waals surface area contributed by atoms with Crippen LogP contribution in [0.4, 0.5) is 4.79 Å². The summed E-state index contributed by atoms with van der Waals surface area (Å²) in [5, 5.41) is 14.1. The lowest BCUT2D eigenvalue weighted by atomic mass is 9.94. The quantitative estimate of drug-likeness (QED) is 0.534. The molecule has 0 heterocycles. The summed E-state index contributed by atoms with van der Waals surface area (Å²) in [4.78, 5) is 21.9. The van der Waals surface area contributed by atoms with E-state index in [9.17, 15) is 9.59 Å². The minimum Gasteiger partial charge on any atom is -0.481 e. The predicted molar refractivity (Wildman–Crippen MR) is 76.1 cm³/mol. The summed E-state index contributed by atoms with van der Waals surface area (Å²) in [6.45, 7) is 8.69. The van der Waals surface area contributed by atoms with Crippen LogP contribution < -0.4 is 10.6 Å². The Hall–Kier alpha value is -1.52. The zero-order chi connectivity index (χ0) is 14.7. The Bertz CT molecular complexity index is 303. The number of carbonyl (C=O) groups excluding carboxylic acids is 1. The number of carboxylic acid groups (broad SMARTS) is 1. The second-order valence-corrected chi connectivity index (χ2v) is 4.94. The van der Waals surface area contributed by atoms with Gasteiger partial charge in [-0.05, 0) is 25.7 Å². The van der Waals surface area contributed by atoms with E-state index in [4.69, 9.17) is 5.11 Å². The zero-order valence-electron chi connectivity index (χ0n) is 12.0. The van der Waals surface area contributed by atoms with Crippen molar-refractivity contribution in [1.82, 2.24) is 10.6 Å². The van der Waals surface area contributed by atoms with Crippen molar-refractivity contribution >= 4 is 12.0 Å². The van der Waals surface area contributed by atoms with E-state index in [1.807, 2.05) is 6.92 Å². The Morgan fingerprint density at radius 1 is 1.21 bits per heavy atom. The molecule has 0 aliphatic carbocycles. The van der Waals surface area contributed by atoms with Gasteiger partial charge in [0.25, 0.3) is 0 Å². The highest BCUT2D eigenvalue weighted by Crippen LogP contribution is 2.16. The Morgan fingerprint density at radius 2 is 1.89 bits per heavy atom. The van der Waals surface area contributed by atoms with E-state index in [2.05, 4.69) is 24.1 Å². The van der Waals surface area contributed by atoms with Crippen LogP contribution in [0.2, 0.25) is 0 Å². The SMILES string of the molecule is C=C(C)CNC(=O)NCCC(CCC)CCC(=O)O. The van der Waals surface area contributed by atoms with Gasteiger partial charge in [0, 0.05) is 19.5 Å². The number of nitrogens with one attached hydrogen (secondary N) is 2. The molecule has 0 aliphatic heterocycles. The van der Waals surface area contributed by atoms with Crippen molar-refractivity contribution in [2.45, 2.75) is 46.0 Å². The number of urea groups is 1. The number of amides is 2. The summed E-state index contributed by atoms with van der Waals surface area (Å²) in [6, 6.07) is -0.198. The predicted octanol–water partition coefficient (Wildman–Crippen LogP) is 2.53. The van der Waals surface area contributed by atoms with E-state index in [0.29, 0.717) is 25.4 Å². The first kappa shape index (κ1) is 17.5. The molecule has 0 saturated carbocycles. The lowest BCUT2D eigenvalue weighted by Crippen LogP contribution is -2.37. The van der Waals surface area contributed by atoms with Crippen molar-refractivity contribution in [3.8, 4) is 0 Å². The third kappa shape index (κ3) is 11.3. The monoisotopic (exact) mass is 270 g/mol. The van der Waals surface area contributed by atoms with Crippen molar-refractivity contribution < 1.29 is 14.7 Å². The van der Waals surface area contributed by atoms with Gasteiger partial charge in [-0.2, -0.15) is 0 Å². The van der Waals surface area contributed by atoms with Crippen LogP contribution >= 0.6 is 0 Å². The van der Waals surface area contributed by atoms with Crippen LogP contribution in [0.3, 0.4) is 0 Å². The first-order chi connectivity index (χ1) is 8.95. The molecule has 0 bridgehead atoms. The van der Waals surface area contributed by atoms with E-state index in [1.54, 1.807) is 0 Å². The third-order valence-corrected chi connectivity index (χ3v) is 2.85. The second-order valence-electron chi connectivity index (χ2n) is 4.94. The van der Waals surface area contributed by atoms with Gasteiger partial charge in [-0.1, -0.05) is 31.9 Å². The number of carbonyl (C=O) groups is 2. The standard InChI is InChI=1S/C14H26N2O3/c1-4-5-12(6-7-13(17)18)8-9-15-14(19)16-10-11(2)3/h12H,2,4-10H2,1,3H3,(H,17,18)(H2,15,16,19). The Morgan fingerprint density at radius 3 is 2.42 bits per heavy atom. The van der Waals surface area contributed by atoms with Crippen LogP contribution in [0.5, 0.6) is 0 Å². The first-order valence-corrected chi connectivity index (χ1v) is 6.83. The van der Waals surface area contributed by atoms with Crippen molar-refractivity contribution in [3.05, 3.63) is 12.2 Å². The normalized spacial score (nSPS) is 11.7. The summed E-state index contributed by atoms with van der Waals surface area (Å²) in [7, 11) is 0. The fraction of sp³-hybridized carbons (Fsp3) is 0.714. The van der Waals surface area contributed by atoms with E-state index in [0.717, 1.165) is 24.8 Å². The van der Waals surface area contributed by atoms with Crippen LogP contribution in [0.25, 0.3) is 0 Å². The molecule has 3 N–H and O–H groups in total. The molecule has 0 spiro atoms. The molecular formula is C14H26N2O3. The van der Waals surface area contributed by atoms with Crippen molar-refractivity contribution in [3.63, 3.8) is 0 Å². The van der Waals surface area contributed by atoms with E-state index in [-0.39, 0.29) is 12.5 Å². The van der Waals surface area contributed by atoms with Gasteiger partial charge in [0.1, 0.15) is 0 Å². The molecule has 0 fully saturated rings. The molecular weight excluding hydrogens is 244 g/mol. The van der Waals surface area contributed by atoms with Crippen LogP contribution in [-0.2, 0) is 4.79 Å². The molecule has 2 amide bonds. The average molecular weight is 270 g/mol. The maximum Gasteiger partial charge on any atom is 0.315 e. The Kier molecular flexibility index (Phi) is 9.57. The van der Waals surface area contributed by atoms with Gasteiger partial charge in [0.2, 0.25) is 0 Å². The Labute approximate surface area is 115 Å². The highest BCUT2D eigenvalue weighted by Gasteiger charge is 2.10. The summed E-state index contributed by atoms with van der Waals surface area (Å²) in [5.74, 6) is -0.393. The number of aliphatic carboxylic acids is 1. The van der Waals surface area contributed by atoms with Crippen LogP contribution in [0.1, 0.15) is 46.0 Å². The Balaban J connectivity index is 3.81. The minimum absolute atomic E-state index is 0.198. The minimum atomic E-state index is -0.756. The van der Waals surface area contributed by atoms with Crippen molar-refractivity contribution in [2.24, 2.45) is 5.92 Å². The van der Waals surface area contributed by atoms with Gasteiger partial charge in [-0.15, -0.1) is 0 Å². The number of carboxylic acids is 1. The molecule has 0 rings (SSSR count). The van der Waals surface area contributed by atoms with E-state index >= 15 is 0 Å². The van der Waals surface area contributed by atoms with Crippen LogP contribution in [-0.4, -0.2) is 30.2 Å². The molecule has 5 nitrogen and oxygen atoms in total. The molecule has 0 aromatic carbocycles. The highest BCUT2D eigenvalue weighted by molar-refractivity contribution is 5.74. The molecule has 0 aromatic heterocycles. The first-order valence-electron chi connectivity index (χ1n) is 6.83.